The summed E-state index contributed by atoms with van der Waals surface area (Å²) in [6, 6.07) is -0.833. The fourth-order valence-electron chi connectivity index (χ4n) is 0. The van der Waals surface area contributed by atoms with Gasteiger partial charge in [0, 0.05) is 0 Å². The minimum absolute atomic E-state index is 0. The maximum absolute atomic E-state index is 9.00. The largest absolute Gasteiger partial charge is 0.352 e. The van der Waals surface area contributed by atoms with Crippen LogP contribution in [0, 0.1) is 5.41 Å². The van der Waals surface area contributed by atoms with E-state index in [-0.39, 0.29) is 6.15 Å². The maximum Gasteiger partial charge on any atom is 0.309 e. The van der Waals surface area contributed by atoms with Gasteiger partial charge in [0.2, 0.25) is 6.08 Å². The van der Waals surface area contributed by atoms with Gasteiger partial charge in [-0.25, -0.2) is 15.0 Å². The summed E-state index contributed by atoms with van der Waals surface area (Å²) in [5.41, 5.74) is 8.50. The van der Waals surface area contributed by atoms with Gasteiger partial charge in [-0.05, 0) is 0 Å². The first-order chi connectivity index (χ1) is 3.15. The number of urea groups is 1. The highest BCUT2D eigenvalue weighted by Crippen LogP contribution is 1.25. The molecule has 0 bridgehead atoms. The van der Waals surface area contributed by atoms with E-state index in [1.807, 2.05) is 0 Å². The Morgan fingerprint density at radius 2 is 1.50 bits per heavy atom. The van der Waals surface area contributed by atoms with Gasteiger partial charge < -0.3 is 17.6 Å². The predicted octanol–water partition coefficient (Wildman–Crippen LogP) is -0.913. The zero-order chi connectivity index (χ0) is 6.28. The Kier molecular flexibility index (Phi) is 34.9. The van der Waals surface area contributed by atoms with Crippen LogP contribution in [0.25, 0.3) is 0 Å². The summed E-state index contributed by atoms with van der Waals surface area (Å²) in [5.74, 6) is 0. The number of amides is 2. The lowest BCUT2D eigenvalue weighted by Crippen LogP contribution is -2.18. The van der Waals surface area contributed by atoms with E-state index >= 15 is 0 Å². The van der Waals surface area contributed by atoms with E-state index in [1.54, 1.807) is 0 Å². The van der Waals surface area contributed by atoms with Gasteiger partial charge >= 0.3 is 6.03 Å². The minimum Gasteiger partial charge on any atom is -0.352 e. The highest BCUT2D eigenvalue weighted by Gasteiger charge is 1.60. The third-order valence-corrected chi connectivity index (χ3v) is 0. The first-order valence-electron chi connectivity index (χ1n) is 1.24. The molecule has 8 heavy (non-hydrogen) atoms. The summed E-state index contributed by atoms with van der Waals surface area (Å²) in [5, 5.41) is 5.40. The second-order valence-corrected chi connectivity index (χ2v) is 0.504. The molecular formula is C2H8N4O2. The molecular weight excluding hydrogens is 112 g/mol. The zero-order valence-electron chi connectivity index (χ0n) is 4.18. The summed E-state index contributed by atoms with van der Waals surface area (Å²) < 4.78 is 0. The Bertz CT molecular complexity index is 80.0. The van der Waals surface area contributed by atoms with Crippen molar-refractivity contribution in [2.24, 2.45) is 11.5 Å². The van der Waals surface area contributed by atoms with E-state index in [0.29, 0.717) is 0 Å². The van der Waals surface area contributed by atoms with Gasteiger partial charge in [0.05, 0.1) is 0 Å². The number of rotatable bonds is 0. The van der Waals surface area contributed by atoms with Crippen LogP contribution in [0.4, 0.5) is 4.79 Å². The molecule has 48 valence electrons. The molecule has 0 aromatic heterocycles. The van der Waals surface area contributed by atoms with E-state index in [2.05, 4.69) is 11.5 Å². The SMILES string of the molecule is N.N=C=O.NC(N)=O. The minimum atomic E-state index is -0.833. The van der Waals surface area contributed by atoms with Crippen LogP contribution in [-0.2, 0) is 4.79 Å². The van der Waals surface area contributed by atoms with Gasteiger partial charge in [-0.15, -0.1) is 0 Å². The highest BCUT2D eigenvalue weighted by atomic mass is 16.2. The van der Waals surface area contributed by atoms with Crippen molar-refractivity contribution < 1.29 is 9.59 Å². The van der Waals surface area contributed by atoms with Crippen molar-refractivity contribution in [3.8, 4) is 0 Å². The van der Waals surface area contributed by atoms with Gasteiger partial charge in [-0.2, -0.15) is 0 Å². The van der Waals surface area contributed by atoms with E-state index in [4.69, 9.17) is 15.0 Å². The van der Waals surface area contributed by atoms with Crippen molar-refractivity contribution in [1.29, 1.82) is 5.41 Å². The molecule has 0 fully saturated rings. The molecule has 0 radical (unpaired) electrons. The normalized spacial score (nSPS) is 4.00. The van der Waals surface area contributed by atoms with Gasteiger partial charge in [0.1, 0.15) is 0 Å². The van der Waals surface area contributed by atoms with E-state index in [9.17, 15) is 0 Å². The van der Waals surface area contributed by atoms with Crippen LogP contribution < -0.4 is 17.6 Å². The topological polar surface area (TPSA) is 145 Å². The van der Waals surface area contributed by atoms with Crippen LogP contribution in [-0.4, -0.2) is 12.1 Å². The number of nitrogens with two attached hydrogens (primary N) is 2. The number of carbonyl (C=O) groups is 1. The molecule has 0 aromatic rings. The van der Waals surface area contributed by atoms with Crippen molar-refractivity contribution in [2.75, 3.05) is 0 Å². The average molecular weight is 120 g/mol. The Labute approximate surface area is 45.9 Å². The molecule has 0 saturated carbocycles. The molecule has 0 spiro atoms. The zero-order valence-corrected chi connectivity index (χ0v) is 4.18. The number of carbonyl (C=O) groups excluding carboxylic acids is 2. The van der Waals surface area contributed by atoms with Gasteiger partial charge in [-0.1, -0.05) is 0 Å². The Hall–Kier alpha value is -1.39. The van der Waals surface area contributed by atoms with Crippen LogP contribution >= 0.6 is 0 Å². The summed E-state index contributed by atoms with van der Waals surface area (Å²) in [4.78, 5) is 17.3. The van der Waals surface area contributed by atoms with Crippen molar-refractivity contribution in [3.05, 3.63) is 0 Å². The third kappa shape index (κ3) is 31.1. The van der Waals surface area contributed by atoms with Crippen LogP contribution in [0.5, 0.6) is 0 Å². The van der Waals surface area contributed by atoms with Crippen molar-refractivity contribution in [3.63, 3.8) is 0 Å². The van der Waals surface area contributed by atoms with Crippen LogP contribution in [0.3, 0.4) is 0 Å². The fourth-order valence-corrected chi connectivity index (χ4v) is 0. The lowest BCUT2D eigenvalue weighted by molar-refractivity contribution is 0.256. The van der Waals surface area contributed by atoms with Crippen molar-refractivity contribution >= 4 is 12.1 Å². The summed E-state index contributed by atoms with van der Waals surface area (Å²) in [6.45, 7) is 0. The standard InChI is InChI=1S/CH4N2O.CHNO.H3N/c2-1(3)4;2-1-3;/h(H4,2,3,4);2H;1H3. The van der Waals surface area contributed by atoms with Crippen LogP contribution in [0.2, 0.25) is 0 Å². The smallest absolute Gasteiger partial charge is 0.309 e. The molecule has 6 heteroatoms. The predicted molar refractivity (Wildman–Crippen MR) is 27.2 cm³/mol. The molecule has 0 aromatic carbocycles. The number of nitrogens with one attached hydrogen (secondary N) is 1. The molecule has 0 rings (SSSR count). The molecule has 0 aliphatic carbocycles. The lowest BCUT2D eigenvalue weighted by Gasteiger charge is -1.62. The number of hydrogen-bond donors (Lipinski definition) is 4. The van der Waals surface area contributed by atoms with Gasteiger partial charge in [0.15, 0.2) is 0 Å². The number of isocyanates is 1. The Balaban J connectivity index is -0.0000000575. The second kappa shape index (κ2) is 17.5. The molecule has 8 N–H and O–H groups in total. The molecule has 0 atom stereocenters. The molecule has 0 aliphatic heterocycles. The van der Waals surface area contributed by atoms with Crippen molar-refractivity contribution in [2.45, 2.75) is 0 Å². The summed E-state index contributed by atoms with van der Waals surface area (Å²) in [7, 11) is 0. The van der Waals surface area contributed by atoms with Crippen molar-refractivity contribution in [1.82, 2.24) is 6.15 Å². The first kappa shape index (κ1) is 16.0. The third-order valence-electron chi connectivity index (χ3n) is 0. The molecule has 2 amide bonds. The van der Waals surface area contributed by atoms with Crippen LogP contribution in [0.1, 0.15) is 0 Å². The lowest BCUT2D eigenvalue weighted by atomic mass is 11.2. The first-order valence-corrected chi connectivity index (χ1v) is 1.24. The van der Waals surface area contributed by atoms with Gasteiger partial charge in [-0.3, -0.25) is 0 Å². The average Bonchev–Trinajstić information content (AvgIpc) is 1.33. The molecule has 0 saturated heterocycles. The Morgan fingerprint density at radius 3 is 1.50 bits per heavy atom. The maximum atomic E-state index is 9.00. The molecule has 0 unspecified atom stereocenters. The number of primary amides is 2. The van der Waals surface area contributed by atoms with E-state index in [0.717, 1.165) is 6.08 Å². The monoisotopic (exact) mass is 120 g/mol. The van der Waals surface area contributed by atoms with Crippen LogP contribution in [0.15, 0.2) is 0 Å². The number of hydrogen-bond acceptors (Lipinski definition) is 4. The quantitative estimate of drug-likeness (QED) is 0.242. The Morgan fingerprint density at radius 1 is 1.50 bits per heavy atom. The fraction of sp³-hybridized carbons (Fsp3) is 0. The highest BCUT2D eigenvalue weighted by molar-refractivity contribution is 5.69. The summed E-state index contributed by atoms with van der Waals surface area (Å²) >= 11 is 0. The van der Waals surface area contributed by atoms with E-state index < -0.39 is 6.03 Å². The molecule has 0 aliphatic rings. The summed E-state index contributed by atoms with van der Waals surface area (Å²) in [6.07, 6.45) is 0.750. The molecule has 0 heterocycles. The molecule has 6 nitrogen and oxygen atoms in total. The second-order valence-electron chi connectivity index (χ2n) is 0.504. The van der Waals surface area contributed by atoms with E-state index in [1.165, 1.54) is 0 Å². The van der Waals surface area contributed by atoms with Gasteiger partial charge in [0.25, 0.3) is 0 Å².